The molecule has 2 aromatic rings. The van der Waals surface area contributed by atoms with Crippen molar-refractivity contribution in [2.24, 2.45) is 0 Å². The molecule has 0 radical (unpaired) electrons. The Labute approximate surface area is 148 Å². The van der Waals surface area contributed by atoms with Crippen molar-refractivity contribution in [1.82, 2.24) is 15.3 Å². The summed E-state index contributed by atoms with van der Waals surface area (Å²) in [5.74, 6) is 1.60. The van der Waals surface area contributed by atoms with Crippen LogP contribution in [0.25, 0.3) is 0 Å². The molecule has 0 aliphatic carbocycles. The minimum atomic E-state index is -0.257. The van der Waals surface area contributed by atoms with Gasteiger partial charge in [0.05, 0.1) is 27.1 Å². The molecule has 0 unspecified atom stereocenters. The monoisotopic (exact) mass is 365 g/mol. The summed E-state index contributed by atoms with van der Waals surface area (Å²) in [7, 11) is 4.62. The van der Waals surface area contributed by atoms with Crippen LogP contribution in [-0.4, -0.2) is 43.0 Å². The van der Waals surface area contributed by atoms with E-state index >= 15 is 0 Å². The number of carbonyl (C=O) groups is 1. The number of aromatic amines is 1. The van der Waals surface area contributed by atoms with Gasteiger partial charge in [0.1, 0.15) is 5.75 Å². The lowest BCUT2D eigenvalue weighted by Gasteiger charge is -2.14. The average Bonchev–Trinajstić information content (AvgIpc) is 2.63. The molecule has 134 valence electrons. The Morgan fingerprint density at radius 3 is 2.48 bits per heavy atom. The van der Waals surface area contributed by atoms with Gasteiger partial charge in [-0.3, -0.25) is 9.59 Å². The van der Waals surface area contributed by atoms with Gasteiger partial charge in [0.2, 0.25) is 5.91 Å². The van der Waals surface area contributed by atoms with Crippen molar-refractivity contribution in [1.29, 1.82) is 0 Å². The second-order valence-electron chi connectivity index (χ2n) is 4.82. The average molecular weight is 365 g/mol. The number of ether oxygens (including phenoxy) is 3. The van der Waals surface area contributed by atoms with Crippen LogP contribution in [0, 0.1) is 0 Å². The fraction of sp³-hybridized carbons (Fsp3) is 0.312. The molecule has 1 aromatic heterocycles. The largest absolute Gasteiger partial charge is 0.496 e. The van der Waals surface area contributed by atoms with Crippen LogP contribution in [-0.2, 0) is 11.3 Å². The molecule has 2 N–H and O–H groups in total. The molecule has 9 heteroatoms. The molecule has 0 fully saturated rings. The van der Waals surface area contributed by atoms with E-state index in [1.165, 1.54) is 26.5 Å². The fourth-order valence-electron chi connectivity index (χ4n) is 2.03. The molecule has 0 atom stereocenters. The third-order valence-electron chi connectivity index (χ3n) is 3.25. The number of methoxy groups -OCH3 is 3. The summed E-state index contributed by atoms with van der Waals surface area (Å²) in [4.78, 5) is 29.7. The van der Waals surface area contributed by atoms with E-state index in [0.29, 0.717) is 22.4 Å². The van der Waals surface area contributed by atoms with Gasteiger partial charge in [-0.25, -0.2) is 4.98 Å². The van der Waals surface area contributed by atoms with E-state index in [2.05, 4.69) is 15.3 Å². The second-order valence-corrected chi connectivity index (χ2v) is 5.79. The van der Waals surface area contributed by atoms with Gasteiger partial charge in [0, 0.05) is 30.4 Å². The zero-order valence-corrected chi connectivity index (χ0v) is 14.9. The third kappa shape index (κ3) is 5.15. The van der Waals surface area contributed by atoms with E-state index in [1.807, 2.05) is 0 Å². The normalized spacial score (nSPS) is 10.2. The van der Waals surface area contributed by atoms with Crippen molar-refractivity contribution < 1.29 is 19.0 Å². The van der Waals surface area contributed by atoms with E-state index in [1.54, 1.807) is 19.2 Å². The highest BCUT2D eigenvalue weighted by Crippen LogP contribution is 2.34. The maximum atomic E-state index is 12.0. The van der Waals surface area contributed by atoms with Gasteiger partial charge < -0.3 is 24.5 Å². The first kappa shape index (κ1) is 18.7. The standard InChI is InChI=1S/C16H19N3O5S/c1-22-11-7-13(24-3)12(23-2)6-10(11)8-18-15(21)9-25-16-17-5-4-14(20)19-16/h4-7H,8-9H2,1-3H3,(H,18,21)(H,17,19,20). The third-order valence-corrected chi connectivity index (χ3v) is 4.14. The second kappa shape index (κ2) is 8.97. The predicted octanol–water partition coefficient (Wildman–Crippen LogP) is 1.20. The molecule has 0 spiro atoms. The number of rotatable bonds is 8. The summed E-state index contributed by atoms with van der Waals surface area (Å²) in [5.41, 5.74) is 0.498. The van der Waals surface area contributed by atoms with Crippen LogP contribution < -0.4 is 25.1 Å². The predicted molar refractivity (Wildman–Crippen MR) is 93.5 cm³/mol. The maximum Gasteiger partial charge on any atom is 0.251 e. The highest BCUT2D eigenvalue weighted by Gasteiger charge is 2.13. The summed E-state index contributed by atoms with van der Waals surface area (Å²) in [6.45, 7) is 0.266. The Kier molecular flexibility index (Phi) is 6.70. The number of aromatic nitrogens is 2. The molecular weight excluding hydrogens is 346 g/mol. The summed E-state index contributed by atoms with van der Waals surface area (Å²) >= 11 is 1.15. The quantitative estimate of drug-likeness (QED) is 0.535. The lowest BCUT2D eigenvalue weighted by atomic mass is 10.1. The molecule has 8 nitrogen and oxygen atoms in total. The van der Waals surface area contributed by atoms with Crippen LogP contribution in [0.3, 0.4) is 0 Å². The Bertz CT molecular complexity index is 794. The van der Waals surface area contributed by atoms with Gasteiger partial charge in [-0.2, -0.15) is 0 Å². The molecule has 0 saturated carbocycles. The molecule has 1 aromatic carbocycles. The molecular formula is C16H19N3O5S. The fourth-order valence-corrected chi connectivity index (χ4v) is 2.71. The number of hydrogen-bond acceptors (Lipinski definition) is 7. The zero-order chi connectivity index (χ0) is 18.2. The Morgan fingerprint density at radius 1 is 1.16 bits per heavy atom. The molecule has 0 aliphatic heterocycles. The molecule has 0 aliphatic rings. The number of thioether (sulfide) groups is 1. The van der Waals surface area contributed by atoms with Gasteiger partial charge in [-0.05, 0) is 6.07 Å². The number of H-pyrrole nitrogens is 1. The van der Waals surface area contributed by atoms with Crippen LogP contribution in [0.1, 0.15) is 5.56 Å². The number of amides is 1. The molecule has 2 rings (SSSR count). The van der Waals surface area contributed by atoms with Crippen molar-refractivity contribution in [3.8, 4) is 17.2 Å². The number of nitrogens with one attached hydrogen (secondary N) is 2. The molecule has 1 amide bonds. The zero-order valence-electron chi connectivity index (χ0n) is 14.1. The summed E-state index contributed by atoms with van der Waals surface area (Å²) in [6, 6.07) is 4.77. The van der Waals surface area contributed by atoms with E-state index in [-0.39, 0.29) is 23.8 Å². The number of benzene rings is 1. The Balaban J connectivity index is 1.97. The first-order chi connectivity index (χ1) is 12.1. The molecule has 1 heterocycles. The van der Waals surface area contributed by atoms with Gasteiger partial charge in [0.25, 0.3) is 5.56 Å². The highest BCUT2D eigenvalue weighted by molar-refractivity contribution is 7.99. The molecule has 25 heavy (non-hydrogen) atoms. The first-order valence-electron chi connectivity index (χ1n) is 7.31. The van der Waals surface area contributed by atoms with Crippen molar-refractivity contribution >= 4 is 17.7 Å². The number of hydrogen-bond donors (Lipinski definition) is 2. The van der Waals surface area contributed by atoms with E-state index in [4.69, 9.17) is 14.2 Å². The first-order valence-corrected chi connectivity index (χ1v) is 8.29. The van der Waals surface area contributed by atoms with Gasteiger partial charge in [-0.1, -0.05) is 11.8 Å². The Morgan fingerprint density at radius 2 is 1.84 bits per heavy atom. The van der Waals surface area contributed by atoms with Crippen molar-refractivity contribution in [3.63, 3.8) is 0 Å². The lowest BCUT2D eigenvalue weighted by molar-refractivity contribution is -0.118. The topological polar surface area (TPSA) is 103 Å². The number of nitrogens with zero attached hydrogens (tertiary/aromatic N) is 1. The summed E-state index contributed by atoms with van der Waals surface area (Å²) < 4.78 is 15.8. The van der Waals surface area contributed by atoms with E-state index in [9.17, 15) is 9.59 Å². The molecule has 0 saturated heterocycles. The van der Waals surface area contributed by atoms with Crippen LogP contribution in [0.5, 0.6) is 17.2 Å². The highest BCUT2D eigenvalue weighted by atomic mass is 32.2. The minimum absolute atomic E-state index is 0.128. The van der Waals surface area contributed by atoms with Gasteiger partial charge in [0.15, 0.2) is 16.7 Å². The minimum Gasteiger partial charge on any atom is -0.496 e. The number of carbonyl (C=O) groups excluding carboxylic acids is 1. The van der Waals surface area contributed by atoms with Crippen molar-refractivity contribution in [2.75, 3.05) is 27.1 Å². The van der Waals surface area contributed by atoms with Crippen molar-refractivity contribution in [2.45, 2.75) is 11.7 Å². The summed E-state index contributed by atoms with van der Waals surface area (Å²) in [6.07, 6.45) is 1.40. The van der Waals surface area contributed by atoms with E-state index < -0.39 is 0 Å². The van der Waals surface area contributed by atoms with E-state index in [0.717, 1.165) is 17.3 Å². The van der Waals surface area contributed by atoms with Crippen molar-refractivity contribution in [3.05, 3.63) is 40.3 Å². The summed E-state index contributed by atoms with van der Waals surface area (Å²) in [5, 5.41) is 3.19. The van der Waals surface area contributed by atoms with Crippen LogP contribution in [0.2, 0.25) is 0 Å². The molecule has 0 bridgehead atoms. The van der Waals surface area contributed by atoms with Crippen LogP contribution in [0.4, 0.5) is 0 Å². The Hall–Kier alpha value is -2.68. The van der Waals surface area contributed by atoms with Crippen LogP contribution in [0.15, 0.2) is 34.3 Å². The lowest BCUT2D eigenvalue weighted by Crippen LogP contribution is -2.25. The van der Waals surface area contributed by atoms with Gasteiger partial charge in [-0.15, -0.1) is 0 Å². The SMILES string of the molecule is COc1cc(OC)c(OC)cc1CNC(=O)CSc1nccc(=O)[nH]1. The van der Waals surface area contributed by atoms with Crippen LogP contribution >= 0.6 is 11.8 Å². The van der Waals surface area contributed by atoms with Gasteiger partial charge >= 0.3 is 0 Å². The smallest absolute Gasteiger partial charge is 0.251 e. The maximum absolute atomic E-state index is 12.0.